The number of likely N-dealkylation sites (N-methyl/N-ethyl adjacent to an activating group) is 1. The van der Waals surface area contributed by atoms with Gasteiger partial charge in [-0.05, 0) is 42.7 Å². The Morgan fingerprint density at radius 1 is 1.48 bits per heavy atom. The van der Waals surface area contributed by atoms with Gasteiger partial charge in [0.25, 0.3) is 0 Å². The zero-order valence-corrected chi connectivity index (χ0v) is 14.0. The van der Waals surface area contributed by atoms with Crippen molar-refractivity contribution in [3.63, 3.8) is 0 Å². The summed E-state index contributed by atoms with van der Waals surface area (Å²) in [5.74, 6) is 0.749. The number of hydrogen-bond donors (Lipinski definition) is 0. The molecule has 0 bridgehead atoms. The minimum atomic E-state index is 0.309. The second-order valence-corrected chi connectivity index (χ2v) is 6.66. The van der Waals surface area contributed by atoms with Gasteiger partial charge in [-0.25, -0.2) is 0 Å². The van der Waals surface area contributed by atoms with Gasteiger partial charge < -0.3 is 4.90 Å². The summed E-state index contributed by atoms with van der Waals surface area (Å²) < 4.78 is 0. The maximum absolute atomic E-state index is 6.03. The maximum Gasteiger partial charge on any atom is 0.0337 e. The van der Waals surface area contributed by atoms with E-state index >= 15 is 0 Å². The first-order valence-corrected chi connectivity index (χ1v) is 7.75. The lowest BCUT2D eigenvalue weighted by Crippen LogP contribution is -2.36. The molecule has 0 N–H and O–H groups in total. The smallest absolute Gasteiger partial charge is 0.0337 e. The van der Waals surface area contributed by atoms with Crippen LogP contribution in [0.15, 0.2) is 70.9 Å². The monoisotopic (exact) mass is 301 g/mol. The molecule has 21 heavy (non-hydrogen) atoms. The summed E-state index contributed by atoms with van der Waals surface area (Å²) in [6, 6.07) is 0. The van der Waals surface area contributed by atoms with E-state index in [1.54, 1.807) is 0 Å². The van der Waals surface area contributed by atoms with Crippen LogP contribution >= 0.6 is 11.6 Å². The number of piperidine rings is 1. The SMILES string of the molecule is C=C(Cl)/C=C1\C(=C)CN(C)CC1C1=CC(C)C=CC(C)=C1. The molecule has 1 aliphatic heterocycles. The average Bonchev–Trinajstić information content (AvgIpc) is 2.54. The summed E-state index contributed by atoms with van der Waals surface area (Å²) in [6.45, 7) is 14.3. The van der Waals surface area contributed by atoms with E-state index in [-0.39, 0.29) is 0 Å². The molecule has 1 heterocycles. The Kier molecular flexibility index (Phi) is 5.08. The molecular formula is C19H24ClN. The number of halogens is 1. The highest BCUT2D eigenvalue weighted by Gasteiger charge is 2.27. The summed E-state index contributed by atoms with van der Waals surface area (Å²) in [5, 5.41) is 0.571. The molecule has 1 saturated heterocycles. The van der Waals surface area contributed by atoms with Crippen LogP contribution in [0.4, 0.5) is 0 Å². The van der Waals surface area contributed by atoms with E-state index in [1.165, 1.54) is 16.7 Å². The van der Waals surface area contributed by atoms with E-state index in [2.05, 4.69) is 63.3 Å². The van der Waals surface area contributed by atoms with Gasteiger partial charge in [-0.3, -0.25) is 0 Å². The van der Waals surface area contributed by atoms with Crippen molar-refractivity contribution in [2.24, 2.45) is 11.8 Å². The Hall–Kier alpha value is -1.31. The van der Waals surface area contributed by atoms with Crippen molar-refractivity contribution in [2.75, 3.05) is 20.1 Å². The Morgan fingerprint density at radius 3 is 2.86 bits per heavy atom. The molecule has 2 heteroatoms. The van der Waals surface area contributed by atoms with Crippen LogP contribution < -0.4 is 0 Å². The van der Waals surface area contributed by atoms with Gasteiger partial charge in [0.1, 0.15) is 0 Å². The topological polar surface area (TPSA) is 3.24 Å². The third-order valence-corrected chi connectivity index (χ3v) is 4.07. The Balaban J connectivity index is 2.44. The Bertz CT molecular complexity index is 574. The van der Waals surface area contributed by atoms with Crippen molar-refractivity contribution < 1.29 is 0 Å². The van der Waals surface area contributed by atoms with Gasteiger partial charge in [-0.15, -0.1) is 0 Å². The highest BCUT2D eigenvalue weighted by atomic mass is 35.5. The van der Waals surface area contributed by atoms with Crippen molar-refractivity contribution in [1.29, 1.82) is 0 Å². The van der Waals surface area contributed by atoms with Gasteiger partial charge in [0, 0.05) is 24.0 Å². The van der Waals surface area contributed by atoms with Crippen molar-refractivity contribution in [1.82, 2.24) is 4.90 Å². The third-order valence-electron chi connectivity index (χ3n) is 3.97. The molecule has 0 radical (unpaired) electrons. The fourth-order valence-electron chi connectivity index (χ4n) is 3.03. The molecule has 112 valence electrons. The van der Waals surface area contributed by atoms with Crippen LogP contribution in [0.5, 0.6) is 0 Å². The summed E-state index contributed by atoms with van der Waals surface area (Å²) in [6.07, 6.45) is 11.0. The molecular weight excluding hydrogens is 278 g/mol. The van der Waals surface area contributed by atoms with E-state index < -0.39 is 0 Å². The fraction of sp³-hybridized carbons (Fsp3) is 0.368. The summed E-state index contributed by atoms with van der Waals surface area (Å²) in [4.78, 5) is 2.31. The quantitative estimate of drug-likeness (QED) is 0.704. The molecule has 2 rings (SSSR count). The zero-order chi connectivity index (χ0) is 15.6. The van der Waals surface area contributed by atoms with E-state index in [4.69, 9.17) is 11.6 Å². The third kappa shape index (κ3) is 4.09. The molecule has 1 aliphatic carbocycles. The van der Waals surface area contributed by atoms with Crippen molar-refractivity contribution in [2.45, 2.75) is 13.8 Å². The lowest BCUT2D eigenvalue weighted by atomic mass is 9.81. The molecule has 0 saturated carbocycles. The molecule has 2 atom stereocenters. The molecule has 2 unspecified atom stereocenters. The average molecular weight is 302 g/mol. The molecule has 0 amide bonds. The summed E-state index contributed by atoms with van der Waals surface area (Å²) in [7, 11) is 2.14. The van der Waals surface area contributed by atoms with Crippen LogP contribution in [0.2, 0.25) is 0 Å². The molecule has 1 fully saturated rings. The van der Waals surface area contributed by atoms with Crippen LogP contribution in [0.25, 0.3) is 0 Å². The molecule has 2 aliphatic rings. The number of nitrogens with zero attached hydrogens (tertiary/aromatic N) is 1. The van der Waals surface area contributed by atoms with Crippen LogP contribution in [0.3, 0.4) is 0 Å². The van der Waals surface area contributed by atoms with Gasteiger partial charge in [0.05, 0.1) is 0 Å². The van der Waals surface area contributed by atoms with Gasteiger partial charge in [0.2, 0.25) is 0 Å². The first-order valence-electron chi connectivity index (χ1n) is 7.37. The lowest BCUT2D eigenvalue weighted by molar-refractivity contribution is 0.311. The van der Waals surface area contributed by atoms with Crippen LogP contribution in [0.1, 0.15) is 13.8 Å². The number of allylic oxidation sites excluding steroid dienone is 7. The second-order valence-electron chi connectivity index (χ2n) is 6.17. The van der Waals surface area contributed by atoms with E-state index in [0.717, 1.165) is 18.7 Å². The largest absolute Gasteiger partial charge is 0.301 e. The standard InChI is InChI=1S/C19H24ClN/c1-13-6-7-14(2)9-17(8-13)19-12-21(5)11-15(3)18(19)10-16(4)20/h6-10,13,19H,3-4,11-12H2,1-2,5H3/b18-10+. The molecule has 1 nitrogen and oxygen atoms in total. The maximum atomic E-state index is 6.03. The molecule has 0 aromatic rings. The van der Waals surface area contributed by atoms with Crippen LogP contribution in [-0.2, 0) is 0 Å². The number of likely N-dealkylation sites (tertiary alicyclic amines) is 1. The Labute approximate surface area is 133 Å². The second kappa shape index (κ2) is 6.64. The minimum absolute atomic E-state index is 0.309. The van der Waals surface area contributed by atoms with Crippen molar-refractivity contribution in [3.8, 4) is 0 Å². The Morgan fingerprint density at radius 2 is 2.19 bits per heavy atom. The highest BCUT2D eigenvalue weighted by molar-refractivity contribution is 6.30. The number of hydrogen-bond acceptors (Lipinski definition) is 1. The van der Waals surface area contributed by atoms with Gasteiger partial charge in [-0.1, -0.05) is 61.6 Å². The first-order chi connectivity index (χ1) is 9.86. The normalized spacial score (nSPS) is 29.1. The van der Waals surface area contributed by atoms with Gasteiger partial charge >= 0.3 is 0 Å². The van der Waals surface area contributed by atoms with Crippen LogP contribution in [0, 0.1) is 11.8 Å². The van der Waals surface area contributed by atoms with Crippen LogP contribution in [-0.4, -0.2) is 25.0 Å². The molecule has 0 spiro atoms. The van der Waals surface area contributed by atoms with E-state index in [1.807, 2.05) is 6.08 Å². The van der Waals surface area contributed by atoms with Gasteiger partial charge in [0.15, 0.2) is 0 Å². The molecule has 0 aromatic carbocycles. The van der Waals surface area contributed by atoms with E-state index in [9.17, 15) is 0 Å². The highest BCUT2D eigenvalue weighted by Crippen LogP contribution is 2.35. The predicted molar refractivity (Wildman–Crippen MR) is 93.3 cm³/mol. The summed E-state index contributed by atoms with van der Waals surface area (Å²) in [5.41, 5.74) is 4.99. The predicted octanol–water partition coefficient (Wildman–Crippen LogP) is 4.86. The van der Waals surface area contributed by atoms with Crippen molar-refractivity contribution >= 4 is 11.6 Å². The first kappa shape index (κ1) is 16.1. The molecule has 0 aromatic heterocycles. The van der Waals surface area contributed by atoms with Crippen molar-refractivity contribution in [3.05, 3.63) is 70.9 Å². The zero-order valence-electron chi connectivity index (χ0n) is 13.2. The summed E-state index contributed by atoms with van der Waals surface area (Å²) >= 11 is 6.03. The minimum Gasteiger partial charge on any atom is -0.301 e. The van der Waals surface area contributed by atoms with E-state index in [0.29, 0.717) is 16.9 Å². The lowest BCUT2D eigenvalue weighted by Gasteiger charge is -2.35. The fourth-order valence-corrected chi connectivity index (χ4v) is 3.15. The number of rotatable bonds is 2. The van der Waals surface area contributed by atoms with Gasteiger partial charge in [-0.2, -0.15) is 0 Å².